The highest BCUT2D eigenvalue weighted by Crippen LogP contribution is 2.64. The Hall–Kier alpha value is 0.930. The third kappa shape index (κ3) is 1.24. The zero-order valence-electron chi connectivity index (χ0n) is 7.48. The van der Waals surface area contributed by atoms with Crippen molar-refractivity contribution in [3.63, 3.8) is 0 Å². The summed E-state index contributed by atoms with van der Waals surface area (Å²) in [5.41, 5.74) is 0. The van der Waals surface area contributed by atoms with Crippen molar-refractivity contribution in [2.24, 2.45) is 23.7 Å². The summed E-state index contributed by atoms with van der Waals surface area (Å²) in [6.45, 7) is 0. The minimum Gasteiger partial charge on any atom is -0.122 e. The number of hydrogen-bond donors (Lipinski definition) is 0. The molecule has 5 heteroatoms. The van der Waals surface area contributed by atoms with Gasteiger partial charge >= 0.3 is 0 Å². The molecule has 0 N–H and O–H groups in total. The largest absolute Gasteiger partial charge is 0.122 e. The molecule has 15 heavy (non-hydrogen) atoms. The summed E-state index contributed by atoms with van der Waals surface area (Å²) in [5, 5.41) is 2.59. The van der Waals surface area contributed by atoms with Gasteiger partial charge in [-0.25, -0.2) is 0 Å². The molecule has 3 rings (SSSR count). The lowest BCUT2D eigenvalue weighted by atomic mass is 9.86. The first-order valence-electron chi connectivity index (χ1n) is 4.78. The van der Waals surface area contributed by atoms with E-state index < -0.39 is 0 Å². The van der Waals surface area contributed by atoms with E-state index in [9.17, 15) is 0 Å². The molecule has 0 nitrogen and oxygen atoms in total. The molecule has 0 radical (unpaired) electrons. The van der Waals surface area contributed by atoms with Crippen LogP contribution in [-0.2, 0) is 0 Å². The van der Waals surface area contributed by atoms with E-state index in [1.165, 1.54) is 0 Å². The molecule has 5 atom stereocenters. The summed E-state index contributed by atoms with van der Waals surface area (Å²) in [5.74, 6) is 0.650. The van der Waals surface area contributed by atoms with Gasteiger partial charge in [-0.3, -0.25) is 0 Å². The highest BCUT2D eigenvalue weighted by atomic mass is 35.5. The Labute approximate surface area is 113 Å². The van der Waals surface area contributed by atoms with Gasteiger partial charge in [-0.05, 0) is 12.3 Å². The Bertz CT molecular complexity index is 397. The lowest BCUT2D eigenvalue weighted by Crippen LogP contribution is -2.18. The third-order valence-corrected chi connectivity index (χ3v) is 6.35. The summed E-state index contributed by atoms with van der Waals surface area (Å²) in [6.07, 6.45) is 0.949. The number of rotatable bonds is 0. The van der Waals surface area contributed by atoms with Gasteiger partial charge in [-0.2, -0.15) is 0 Å². The molecule has 0 spiro atoms. The second-order valence-electron chi connectivity index (χ2n) is 4.35. The summed E-state index contributed by atoms with van der Waals surface area (Å²) in [6, 6.07) is 0. The Kier molecular flexibility index (Phi) is 2.55. The summed E-state index contributed by atoms with van der Waals surface area (Å²) >= 11 is 31.2. The first kappa shape index (κ1) is 11.0. The van der Waals surface area contributed by atoms with Gasteiger partial charge in [0.2, 0.25) is 0 Å². The van der Waals surface area contributed by atoms with Crippen LogP contribution in [0.4, 0.5) is 0 Å². The molecule has 0 aromatic heterocycles. The Morgan fingerprint density at radius 2 is 1.47 bits per heavy atom. The molecule has 3 aliphatic rings. The zero-order chi connectivity index (χ0) is 10.9. The predicted molar refractivity (Wildman–Crippen MR) is 65.7 cm³/mol. The Balaban J connectivity index is 2.21. The standard InChI is InChI=1S/C10H7Cl5/c11-6-3-1-2-4(6)9(14)10(15)5(2)8(13)7(3)12/h2-6H,1H2. The molecular weight excluding hydrogens is 297 g/mol. The third-order valence-electron chi connectivity index (χ3n) is 3.76. The number of alkyl halides is 1. The van der Waals surface area contributed by atoms with E-state index >= 15 is 0 Å². The van der Waals surface area contributed by atoms with E-state index in [1.807, 2.05) is 0 Å². The highest BCUT2D eigenvalue weighted by molar-refractivity contribution is 6.44. The van der Waals surface area contributed by atoms with Crippen LogP contribution in [0.2, 0.25) is 0 Å². The number of fused-ring (bicyclic) bond motifs is 1. The Morgan fingerprint density at radius 1 is 0.867 bits per heavy atom. The molecular formula is C10H7Cl5. The molecule has 0 aliphatic heterocycles. The molecule has 5 unspecified atom stereocenters. The maximum atomic E-state index is 6.37. The van der Waals surface area contributed by atoms with Crippen LogP contribution in [0.1, 0.15) is 6.42 Å². The topological polar surface area (TPSA) is 0 Å². The van der Waals surface area contributed by atoms with Crippen molar-refractivity contribution in [2.75, 3.05) is 0 Å². The van der Waals surface area contributed by atoms with Crippen LogP contribution in [0.3, 0.4) is 0 Å². The fourth-order valence-corrected chi connectivity index (χ4v) is 5.38. The van der Waals surface area contributed by atoms with Crippen LogP contribution >= 0.6 is 58.0 Å². The van der Waals surface area contributed by atoms with Crippen LogP contribution in [0.15, 0.2) is 20.1 Å². The molecule has 0 amide bonds. The smallest absolute Gasteiger partial charge is 0.0494 e. The number of halogens is 5. The maximum Gasteiger partial charge on any atom is 0.0494 e. The van der Waals surface area contributed by atoms with Gasteiger partial charge in [0.15, 0.2) is 0 Å². The van der Waals surface area contributed by atoms with Crippen molar-refractivity contribution in [3.05, 3.63) is 20.1 Å². The van der Waals surface area contributed by atoms with E-state index in [0.29, 0.717) is 26.0 Å². The molecule has 1 saturated carbocycles. The van der Waals surface area contributed by atoms with Crippen molar-refractivity contribution in [2.45, 2.75) is 11.8 Å². The first-order chi connectivity index (χ1) is 7.04. The van der Waals surface area contributed by atoms with Crippen molar-refractivity contribution in [1.82, 2.24) is 0 Å². The SMILES string of the molecule is ClC1=C(Cl)C2C(Cl)=C(Cl)C3C(Cl)C1CC23. The van der Waals surface area contributed by atoms with Crippen molar-refractivity contribution >= 4 is 58.0 Å². The molecule has 0 saturated heterocycles. The molecule has 0 heterocycles. The summed E-state index contributed by atoms with van der Waals surface area (Å²) in [7, 11) is 0. The Morgan fingerprint density at radius 3 is 2.13 bits per heavy atom. The lowest BCUT2D eigenvalue weighted by Gasteiger charge is -2.26. The minimum absolute atomic E-state index is 0.00154. The number of hydrogen-bond acceptors (Lipinski definition) is 0. The molecule has 3 aliphatic carbocycles. The van der Waals surface area contributed by atoms with E-state index in [4.69, 9.17) is 58.0 Å². The second-order valence-corrected chi connectivity index (χ2v) is 6.48. The van der Waals surface area contributed by atoms with Gasteiger partial charge < -0.3 is 0 Å². The normalized spacial score (nSPS) is 48.2. The van der Waals surface area contributed by atoms with E-state index in [-0.39, 0.29) is 23.1 Å². The lowest BCUT2D eigenvalue weighted by molar-refractivity contribution is 0.405. The van der Waals surface area contributed by atoms with Crippen LogP contribution in [0, 0.1) is 23.7 Å². The minimum atomic E-state index is -0.0648. The van der Waals surface area contributed by atoms with Gasteiger partial charge in [-0.15, -0.1) is 11.6 Å². The van der Waals surface area contributed by atoms with Gasteiger partial charge in [0.05, 0.1) is 0 Å². The molecule has 2 bridgehead atoms. The maximum absolute atomic E-state index is 6.37. The van der Waals surface area contributed by atoms with Crippen LogP contribution < -0.4 is 0 Å². The molecule has 0 aromatic rings. The fourth-order valence-electron chi connectivity index (χ4n) is 3.09. The van der Waals surface area contributed by atoms with Crippen LogP contribution in [0.5, 0.6) is 0 Å². The summed E-state index contributed by atoms with van der Waals surface area (Å²) in [4.78, 5) is 0. The van der Waals surface area contributed by atoms with Crippen molar-refractivity contribution < 1.29 is 0 Å². The van der Waals surface area contributed by atoms with Crippen LogP contribution in [0.25, 0.3) is 0 Å². The first-order valence-corrected chi connectivity index (χ1v) is 6.73. The molecule has 0 aromatic carbocycles. The van der Waals surface area contributed by atoms with Gasteiger partial charge in [0.1, 0.15) is 0 Å². The van der Waals surface area contributed by atoms with E-state index in [2.05, 4.69) is 0 Å². The zero-order valence-corrected chi connectivity index (χ0v) is 11.3. The molecule has 82 valence electrons. The fraction of sp³-hybridized carbons (Fsp3) is 0.600. The van der Waals surface area contributed by atoms with E-state index in [0.717, 1.165) is 6.42 Å². The highest BCUT2D eigenvalue weighted by Gasteiger charge is 2.57. The molecule has 1 fully saturated rings. The number of allylic oxidation sites excluding steroid dienone is 4. The monoisotopic (exact) mass is 302 g/mol. The van der Waals surface area contributed by atoms with Crippen molar-refractivity contribution in [1.29, 1.82) is 0 Å². The van der Waals surface area contributed by atoms with Crippen LogP contribution in [-0.4, -0.2) is 5.38 Å². The average molecular weight is 304 g/mol. The second kappa shape index (κ2) is 3.46. The van der Waals surface area contributed by atoms with Crippen molar-refractivity contribution in [3.8, 4) is 0 Å². The summed E-state index contributed by atoms with van der Waals surface area (Å²) < 4.78 is 0. The van der Waals surface area contributed by atoms with E-state index in [1.54, 1.807) is 0 Å². The van der Waals surface area contributed by atoms with Gasteiger partial charge in [0.25, 0.3) is 0 Å². The predicted octanol–water partition coefficient (Wildman–Crippen LogP) is 4.87. The van der Waals surface area contributed by atoms with Gasteiger partial charge in [-0.1, -0.05) is 46.4 Å². The average Bonchev–Trinajstić information content (AvgIpc) is 2.62. The van der Waals surface area contributed by atoms with Gasteiger partial charge in [0, 0.05) is 43.3 Å². The quantitative estimate of drug-likeness (QED) is 0.560.